The lowest BCUT2D eigenvalue weighted by atomic mass is 10.0. The second kappa shape index (κ2) is 5.49. The van der Waals surface area contributed by atoms with Gasteiger partial charge in [-0.15, -0.1) is 11.3 Å². The number of hydrogen-bond acceptors (Lipinski definition) is 3. The summed E-state index contributed by atoms with van der Waals surface area (Å²) in [6, 6.07) is 14.0. The first kappa shape index (κ1) is 15.0. The fourth-order valence-corrected chi connectivity index (χ4v) is 4.13. The Morgan fingerprint density at radius 1 is 1.08 bits per heavy atom. The molecule has 0 radical (unpaired) electrons. The fraction of sp³-hybridized carbons (Fsp3) is 0.111. The third-order valence-electron chi connectivity index (χ3n) is 4.19. The Morgan fingerprint density at radius 2 is 1.79 bits per heavy atom. The zero-order valence-electron chi connectivity index (χ0n) is 12.5. The molecule has 120 valence electrons. The molecule has 24 heavy (non-hydrogen) atoms. The second-order valence-electron chi connectivity index (χ2n) is 5.61. The molecule has 1 aromatic heterocycles. The van der Waals surface area contributed by atoms with Gasteiger partial charge in [0.2, 0.25) is 0 Å². The van der Waals surface area contributed by atoms with Gasteiger partial charge in [-0.3, -0.25) is 5.41 Å². The largest absolute Gasteiger partial charge is 0.383 e. The molecule has 4 rings (SSSR count). The van der Waals surface area contributed by atoms with Crippen molar-refractivity contribution >= 4 is 17.2 Å². The van der Waals surface area contributed by atoms with Gasteiger partial charge in [0.15, 0.2) is 0 Å². The molecule has 0 saturated carbocycles. The van der Waals surface area contributed by atoms with Crippen LogP contribution in [-0.2, 0) is 6.42 Å². The molecular weight excluding hydrogens is 328 g/mol. The Balaban J connectivity index is 1.89. The van der Waals surface area contributed by atoms with E-state index in [0.29, 0.717) is 5.01 Å². The van der Waals surface area contributed by atoms with E-state index in [1.807, 2.05) is 30.3 Å². The van der Waals surface area contributed by atoms with Gasteiger partial charge in [0.05, 0.1) is 4.88 Å². The van der Waals surface area contributed by atoms with Gasteiger partial charge in [-0.05, 0) is 28.7 Å². The maximum atomic E-state index is 13.2. The maximum absolute atomic E-state index is 13.2. The number of hydrogen-bond donors (Lipinski definition) is 2. The minimum absolute atomic E-state index is 0.0492. The molecule has 1 aliphatic carbocycles. The van der Waals surface area contributed by atoms with E-state index in [1.54, 1.807) is 0 Å². The van der Waals surface area contributed by atoms with E-state index < -0.39 is 12.1 Å². The van der Waals surface area contributed by atoms with Crippen molar-refractivity contribution in [2.24, 2.45) is 5.73 Å². The van der Waals surface area contributed by atoms with Gasteiger partial charge in [0.1, 0.15) is 16.5 Å². The van der Waals surface area contributed by atoms with Crippen LogP contribution in [0.1, 0.15) is 28.1 Å². The van der Waals surface area contributed by atoms with Gasteiger partial charge in [0.25, 0.3) is 6.43 Å². The summed E-state index contributed by atoms with van der Waals surface area (Å²) in [5, 5.41) is 8.01. The number of halogens is 2. The third-order valence-corrected chi connectivity index (χ3v) is 5.32. The fourth-order valence-electron chi connectivity index (χ4n) is 3.15. The molecule has 0 amide bonds. The van der Waals surface area contributed by atoms with Crippen LogP contribution in [0.15, 0.2) is 42.5 Å². The Hall–Kier alpha value is -2.60. The number of thiazole rings is 1. The number of nitrogens with two attached hydrogens (primary N) is 1. The minimum atomic E-state index is -2.75. The van der Waals surface area contributed by atoms with Crippen LogP contribution in [0, 0.1) is 5.41 Å². The van der Waals surface area contributed by atoms with Crippen molar-refractivity contribution in [3.05, 3.63) is 64.2 Å². The molecule has 3 aromatic rings. The molecule has 0 atom stereocenters. The Labute approximate surface area is 141 Å². The lowest BCUT2D eigenvalue weighted by Crippen LogP contribution is -2.11. The summed E-state index contributed by atoms with van der Waals surface area (Å²) >= 11 is 1.05. The minimum Gasteiger partial charge on any atom is -0.383 e. The summed E-state index contributed by atoms with van der Waals surface area (Å²) in [6.07, 6.45) is -2.00. The standard InChI is InChI=1S/C18H13F2N3S/c19-16(20)14-15(17(21)22)24-18(23-14)12-7-3-6-11-10-5-2-1-4-9(10)8-13(11)12/h1-7,16H,8H2,(H3,21,22). The highest BCUT2D eigenvalue weighted by Crippen LogP contribution is 2.43. The van der Waals surface area contributed by atoms with Crippen LogP contribution in [0.25, 0.3) is 21.7 Å². The van der Waals surface area contributed by atoms with E-state index >= 15 is 0 Å². The quantitative estimate of drug-likeness (QED) is 0.422. The van der Waals surface area contributed by atoms with Gasteiger partial charge in [-0.2, -0.15) is 0 Å². The van der Waals surface area contributed by atoms with Crippen molar-refractivity contribution in [3.63, 3.8) is 0 Å². The first-order valence-corrected chi connectivity index (χ1v) is 8.21. The molecule has 3 nitrogen and oxygen atoms in total. The van der Waals surface area contributed by atoms with E-state index in [-0.39, 0.29) is 10.7 Å². The van der Waals surface area contributed by atoms with Gasteiger partial charge < -0.3 is 5.73 Å². The number of nitrogens with one attached hydrogen (secondary N) is 1. The van der Waals surface area contributed by atoms with Gasteiger partial charge >= 0.3 is 0 Å². The van der Waals surface area contributed by atoms with Crippen LogP contribution in [0.5, 0.6) is 0 Å². The van der Waals surface area contributed by atoms with Crippen LogP contribution < -0.4 is 5.73 Å². The van der Waals surface area contributed by atoms with Crippen LogP contribution >= 0.6 is 11.3 Å². The second-order valence-corrected chi connectivity index (χ2v) is 6.61. The molecule has 1 aliphatic rings. The van der Waals surface area contributed by atoms with Crippen molar-refractivity contribution < 1.29 is 8.78 Å². The first-order chi connectivity index (χ1) is 11.6. The number of alkyl halides is 2. The summed E-state index contributed by atoms with van der Waals surface area (Å²) < 4.78 is 26.4. The maximum Gasteiger partial charge on any atom is 0.281 e. The lowest BCUT2D eigenvalue weighted by molar-refractivity contribution is 0.146. The van der Waals surface area contributed by atoms with Crippen molar-refractivity contribution in [1.82, 2.24) is 4.98 Å². The molecule has 0 fully saturated rings. The topological polar surface area (TPSA) is 62.8 Å². The predicted octanol–water partition coefficient (Wildman–Crippen LogP) is 4.60. The number of aromatic nitrogens is 1. The highest BCUT2D eigenvalue weighted by atomic mass is 32.1. The molecule has 1 heterocycles. The molecule has 0 unspecified atom stereocenters. The van der Waals surface area contributed by atoms with Crippen LogP contribution in [0.2, 0.25) is 0 Å². The number of fused-ring (bicyclic) bond motifs is 3. The average molecular weight is 341 g/mol. The number of rotatable bonds is 3. The van der Waals surface area contributed by atoms with E-state index in [9.17, 15) is 8.78 Å². The monoisotopic (exact) mass is 341 g/mol. The Morgan fingerprint density at radius 3 is 2.50 bits per heavy atom. The number of nitrogens with zero attached hydrogens (tertiary/aromatic N) is 1. The number of amidine groups is 1. The highest BCUT2D eigenvalue weighted by molar-refractivity contribution is 7.17. The van der Waals surface area contributed by atoms with Gasteiger partial charge in [0, 0.05) is 5.56 Å². The van der Waals surface area contributed by atoms with E-state index in [4.69, 9.17) is 11.1 Å². The molecule has 0 aliphatic heterocycles. The SMILES string of the molecule is N=C(N)c1sc(-c2cccc3c2Cc2ccccc2-3)nc1C(F)F. The Kier molecular flexibility index (Phi) is 3.42. The van der Waals surface area contributed by atoms with Crippen LogP contribution in [0.4, 0.5) is 8.78 Å². The molecular formula is C18H13F2N3S. The summed E-state index contributed by atoms with van der Waals surface area (Å²) in [5.74, 6) is -0.370. The molecule has 2 aromatic carbocycles. The highest BCUT2D eigenvalue weighted by Gasteiger charge is 2.26. The van der Waals surface area contributed by atoms with E-state index in [1.165, 1.54) is 11.1 Å². The molecule has 6 heteroatoms. The zero-order valence-corrected chi connectivity index (χ0v) is 13.3. The summed E-state index contributed by atoms with van der Waals surface area (Å²) in [5.41, 5.74) is 10.5. The van der Waals surface area contributed by atoms with Crippen molar-refractivity contribution in [1.29, 1.82) is 5.41 Å². The van der Waals surface area contributed by atoms with Crippen molar-refractivity contribution in [2.45, 2.75) is 12.8 Å². The predicted molar refractivity (Wildman–Crippen MR) is 91.8 cm³/mol. The van der Waals surface area contributed by atoms with Crippen LogP contribution in [0.3, 0.4) is 0 Å². The number of benzene rings is 2. The Bertz CT molecular complexity index is 963. The molecule has 0 spiro atoms. The summed E-state index contributed by atoms with van der Waals surface area (Å²) in [4.78, 5) is 4.14. The first-order valence-electron chi connectivity index (χ1n) is 7.40. The number of nitrogen functional groups attached to an aromatic ring is 1. The third kappa shape index (κ3) is 2.22. The normalized spacial score (nSPS) is 12.3. The lowest BCUT2D eigenvalue weighted by Gasteiger charge is -2.05. The van der Waals surface area contributed by atoms with Crippen LogP contribution in [-0.4, -0.2) is 10.8 Å². The van der Waals surface area contributed by atoms with Gasteiger partial charge in [-0.25, -0.2) is 13.8 Å². The van der Waals surface area contributed by atoms with E-state index in [2.05, 4.69) is 17.1 Å². The molecule has 3 N–H and O–H groups in total. The van der Waals surface area contributed by atoms with Gasteiger partial charge in [-0.1, -0.05) is 42.5 Å². The smallest absolute Gasteiger partial charge is 0.281 e. The molecule has 0 bridgehead atoms. The summed E-state index contributed by atoms with van der Waals surface area (Å²) in [6.45, 7) is 0. The van der Waals surface area contributed by atoms with Crippen molar-refractivity contribution in [3.8, 4) is 21.7 Å². The summed E-state index contributed by atoms with van der Waals surface area (Å²) in [7, 11) is 0. The van der Waals surface area contributed by atoms with E-state index in [0.717, 1.165) is 34.4 Å². The van der Waals surface area contributed by atoms with Crippen molar-refractivity contribution in [2.75, 3.05) is 0 Å². The average Bonchev–Trinajstić information content (AvgIpc) is 3.16. The zero-order chi connectivity index (χ0) is 16.8. The molecule has 0 saturated heterocycles.